The van der Waals surface area contributed by atoms with Gasteiger partial charge in [0.25, 0.3) is 0 Å². The summed E-state index contributed by atoms with van der Waals surface area (Å²) in [6.07, 6.45) is 2.39. The Morgan fingerprint density at radius 1 is 1.07 bits per heavy atom. The molecule has 0 aromatic rings. The second kappa shape index (κ2) is 4.89. The number of likely N-dealkylation sites (N-methyl/N-ethyl adjacent to an activating group) is 2. The third-order valence-corrected chi connectivity index (χ3v) is 2.43. The minimum absolute atomic E-state index is 0.297. The van der Waals surface area contributed by atoms with Crippen LogP contribution in [0.5, 0.6) is 0 Å². The average molecular weight is 202 g/mol. The summed E-state index contributed by atoms with van der Waals surface area (Å²) in [4.78, 5) is 11.8. The van der Waals surface area contributed by atoms with Crippen molar-refractivity contribution in [2.45, 2.75) is 19.8 Å². The van der Waals surface area contributed by atoms with Crippen LogP contribution in [0.15, 0.2) is 0 Å². The molecule has 0 radical (unpaired) electrons. The van der Waals surface area contributed by atoms with Gasteiger partial charge in [-0.15, -0.1) is 0 Å². The highest BCUT2D eigenvalue weighted by Crippen LogP contribution is 2.04. The van der Waals surface area contributed by atoms with Crippen molar-refractivity contribution in [3.8, 4) is 0 Å². The van der Waals surface area contributed by atoms with Crippen LogP contribution in [0.4, 0.5) is 0 Å². The fourth-order valence-corrected chi connectivity index (χ4v) is 1.24. The minimum atomic E-state index is 0.297. The first-order valence-corrected chi connectivity index (χ1v) is 5.36. The quantitative estimate of drug-likeness (QED) is 0.610. The molecule has 0 saturated heterocycles. The fourth-order valence-electron chi connectivity index (χ4n) is 1.24. The van der Waals surface area contributed by atoms with E-state index in [1.165, 1.54) is 12.8 Å². The van der Waals surface area contributed by atoms with Crippen molar-refractivity contribution in [3.63, 3.8) is 0 Å². The van der Waals surface area contributed by atoms with E-state index in [1.54, 1.807) is 0 Å². The van der Waals surface area contributed by atoms with Gasteiger partial charge in [0.2, 0.25) is 0 Å². The summed E-state index contributed by atoms with van der Waals surface area (Å²) in [6, 6.07) is 0. The second-order valence-corrected chi connectivity index (χ2v) is 5.58. The first-order valence-electron chi connectivity index (χ1n) is 5.36. The van der Waals surface area contributed by atoms with Crippen LogP contribution in [-0.2, 0) is 4.79 Å². The number of rotatable bonds is 5. The molecular formula is C11H26N2O+2. The molecular weight excluding hydrogens is 176 g/mol. The van der Waals surface area contributed by atoms with Crippen LogP contribution in [0.2, 0.25) is 0 Å². The van der Waals surface area contributed by atoms with Crippen LogP contribution in [-0.4, -0.2) is 63.2 Å². The van der Waals surface area contributed by atoms with Gasteiger partial charge in [-0.3, -0.25) is 4.48 Å². The SMILES string of the molecule is CCCC[N+](C)(C)CC(=O)[N+](C)(C)C. The number of amides is 1. The van der Waals surface area contributed by atoms with E-state index >= 15 is 0 Å². The number of unbranched alkanes of at least 4 members (excludes halogenated alkanes) is 1. The Bertz CT molecular complexity index is 192. The molecule has 0 aliphatic rings. The molecule has 3 heteroatoms. The topological polar surface area (TPSA) is 17.1 Å². The fraction of sp³-hybridized carbons (Fsp3) is 0.909. The molecule has 0 fully saturated rings. The first kappa shape index (κ1) is 13.6. The summed E-state index contributed by atoms with van der Waals surface area (Å²) in [5.41, 5.74) is 0. The minimum Gasteiger partial charge on any atom is -0.317 e. The Kier molecular flexibility index (Phi) is 4.75. The van der Waals surface area contributed by atoms with Crippen LogP contribution in [0.1, 0.15) is 19.8 Å². The molecule has 0 aromatic carbocycles. The van der Waals surface area contributed by atoms with Crippen molar-refractivity contribution >= 4 is 5.91 Å². The predicted molar refractivity (Wildman–Crippen MR) is 59.8 cm³/mol. The van der Waals surface area contributed by atoms with E-state index in [1.807, 2.05) is 21.1 Å². The van der Waals surface area contributed by atoms with Crippen molar-refractivity contribution in [2.24, 2.45) is 0 Å². The van der Waals surface area contributed by atoms with Gasteiger partial charge in [-0.2, -0.15) is 0 Å². The van der Waals surface area contributed by atoms with E-state index in [2.05, 4.69) is 21.0 Å². The maximum Gasteiger partial charge on any atom is 0.367 e. The van der Waals surface area contributed by atoms with Gasteiger partial charge in [0, 0.05) is 0 Å². The number of hydrogen-bond acceptors (Lipinski definition) is 1. The lowest BCUT2D eigenvalue weighted by molar-refractivity contribution is -0.897. The van der Waals surface area contributed by atoms with Gasteiger partial charge in [-0.1, -0.05) is 13.3 Å². The number of nitrogens with zero attached hydrogens (tertiary/aromatic N) is 2. The molecule has 84 valence electrons. The molecule has 0 aliphatic carbocycles. The molecule has 0 atom stereocenters. The van der Waals surface area contributed by atoms with E-state index in [4.69, 9.17) is 0 Å². The molecule has 0 unspecified atom stereocenters. The Hall–Kier alpha value is -0.410. The second-order valence-electron chi connectivity index (χ2n) is 5.58. The molecule has 0 rings (SSSR count). The molecule has 3 nitrogen and oxygen atoms in total. The van der Waals surface area contributed by atoms with Crippen molar-refractivity contribution in [3.05, 3.63) is 0 Å². The Labute approximate surface area is 88.5 Å². The maximum absolute atomic E-state index is 11.8. The highest BCUT2D eigenvalue weighted by molar-refractivity contribution is 5.69. The van der Waals surface area contributed by atoms with E-state index < -0.39 is 0 Å². The molecule has 0 heterocycles. The first-order chi connectivity index (χ1) is 6.19. The molecule has 1 amide bonds. The highest BCUT2D eigenvalue weighted by Gasteiger charge is 2.29. The molecule has 0 saturated carbocycles. The lowest BCUT2D eigenvalue weighted by atomic mass is 10.3. The van der Waals surface area contributed by atoms with Crippen LogP contribution >= 0.6 is 0 Å². The van der Waals surface area contributed by atoms with Crippen molar-refractivity contribution in [2.75, 3.05) is 48.3 Å². The van der Waals surface area contributed by atoms with Gasteiger partial charge in [-0.25, -0.2) is 4.79 Å². The zero-order chi connectivity index (χ0) is 11.4. The molecule has 0 spiro atoms. The van der Waals surface area contributed by atoms with Gasteiger partial charge in [0.05, 0.1) is 41.8 Å². The number of carbonyl (C=O) groups is 1. The molecule has 14 heavy (non-hydrogen) atoms. The predicted octanol–water partition coefficient (Wildman–Crippen LogP) is 1.10. The summed E-state index contributed by atoms with van der Waals surface area (Å²) in [7, 11) is 10.1. The smallest absolute Gasteiger partial charge is 0.317 e. The van der Waals surface area contributed by atoms with Crippen molar-refractivity contribution in [1.82, 2.24) is 0 Å². The van der Waals surface area contributed by atoms with E-state index in [-0.39, 0.29) is 0 Å². The summed E-state index contributed by atoms with van der Waals surface area (Å²) in [5.74, 6) is 0.297. The Morgan fingerprint density at radius 2 is 1.57 bits per heavy atom. The third-order valence-electron chi connectivity index (χ3n) is 2.43. The Morgan fingerprint density at radius 3 is 1.93 bits per heavy atom. The lowest BCUT2D eigenvalue weighted by Gasteiger charge is -2.31. The lowest BCUT2D eigenvalue weighted by Crippen LogP contribution is -2.53. The normalized spacial score (nSPS) is 13.0. The van der Waals surface area contributed by atoms with Crippen LogP contribution in [0.3, 0.4) is 0 Å². The maximum atomic E-state index is 11.8. The number of carbonyl (C=O) groups excluding carboxylic acids is 1. The van der Waals surface area contributed by atoms with Gasteiger partial charge in [-0.05, 0) is 6.42 Å². The molecule has 0 N–H and O–H groups in total. The molecule has 0 bridgehead atoms. The van der Waals surface area contributed by atoms with E-state index in [0.29, 0.717) is 16.9 Å². The number of hydrogen-bond donors (Lipinski definition) is 0. The van der Waals surface area contributed by atoms with Crippen molar-refractivity contribution in [1.29, 1.82) is 0 Å². The van der Waals surface area contributed by atoms with Crippen LogP contribution < -0.4 is 0 Å². The summed E-state index contributed by atoms with van der Waals surface area (Å²) < 4.78 is 1.23. The highest BCUT2D eigenvalue weighted by atomic mass is 16.2. The molecule has 0 aliphatic heterocycles. The monoisotopic (exact) mass is 202 g/mol. The Balaban J connectivity index is 4.15. The average Bonchev–Trinajstić information content (AvgIpc) is 1.98. The van der Waals surface area contributed by atoms with Gasteiger partial charge in [0.1, 0.15) is 0 Å². The van der Waals surface area contributed by atoms with Gasteiger partial charge >= 0.3 is 5.91 Å². The summed E-state index contributed by atoms with van der Waals surface area (Å²) >= 11 is 0. The van der Waals surface area contributed by atoms with Crippen LogP contribution in [0, 0.1) is 0 Å². The van der Waals surface area contributed by atoms with Gasteiger partial charge < -0.3 is 4.48 Å². The van der Waals surface area contributed by atoms with E-state index in [9.17, 15) is 4.79 Å². The van der Waals surface area contributed by atoms with Gasteiger partial charge in [0.15, 0.2) is 6.54 Å². The molecule has 0 aromatic heterocycles. The number of quaternary nitrogens is 2. The summed E-state index contributed by atoms with van der Waals surface area (Å²) in [6.45, 7) is 3.90. The zero-order valence-electron chi connectivity index (χ0n) is 10.6. The zero-order valence-corrected chi connectivity index (χ0v) is 10.6. The largest absolute Gasteiger partial charge is 0.367 e. The third kappa shape index (κ3) is 5.35. The van der Waals surface area contributed by atoms with E-state index in [0.717, 1.165) is 11.0 Å². The van der Waals surface area contributed by atoms with Crippen LogP contribution in [0.25, 0.3) is 0 Å². The van der Waals surface area contributed by atoms with Crippen molar-refractivity contribution < 1.29 is 13.8 Å². The summed E-state index contributed by atoms with van der Waals surface area (Å²) in [5, 5.41) is 0. The standard InChI is InChI=1S/C11H26N2O/c1-7-8-9-13(5,6)10-11(14)12(2,3)4/h7-10H2,1-6H3/q+2.